The topological polar surface area (TPSA) is 67.4 Å². The van der Waals surface area contributed by atoms with Crippen molar-refractivity contribution in [3.05, 3.63) is 59.2 Å². The van der Waals surface area contributed by atoms with E-state index in [1.807, 2.05) is 51.1 Å². The third kappa shape index (κ3) is 4.60. The van der Waals surface area contributed by atoms with Crippen LogP contribution in [-0.4, -0.2) is 10.2 Å². The van der Waals surface area contributed by atoms with Gasteiger partial charge >= 0.3 is 17.3 Å². The van der Waals surface area contributed by atoms with Crippen LogP contribution in [0.3, 0.4) is 0 Å². The minimum absolute atomic E-state index is 0.427. The number of urea groups is 1. The van der Waals surface area contributed by atoms with Gasteiger partial charge in [-0.2, -0.15) is 4.21 Å². The first-order valence-corrected chi connectivity index (χ1v) is 7.83. The van der Waals surface area contributed by atoms with Crippen LogP contribution in [0.1, 0.15) is 16.7 Å². The minimum Gasteiger partial charge on any atom is -0.385 e. The molecule has 2 rings (SSSR count). The molecule has 2 aromatic carbocycles. The van der Waals surface area contributed by atoms with Crippen LogP contribution in [0.25, 0.3) is 0 Å². The van der Waals surface area contributed by atoms with Gasteiger partial charge in [0.2, 0.25) is 0 Å². The third-order valence-electron chi connectivity index (χ3n) is 3.01. The van der Waals surface area contributed by atoms with E-state index in [0.29, 0.717) is 11.4 Å². The number of anilines is 1. The molecule has 0 fully saturated rings. The van der Waals surface area contributed by atoms with E-state index in [0.717, 1.165) is 16.7 Å². The van der Waals surface area contributed by atoms with Gasteiger partial charge in [-0.05, 0) is 50.1 Å². The van der Waals surface area contributed by atoms with Crippen LogP contribution in [0, 0.1) is 20.8 Å². The average molecular weight is 318 g/mol. The molecule has 22 heavy (non-hydrogen) atoms. The summed E-state index contributed by atoms with van der Waals surface area (Å²) in [6.45, 7) is 5.76. The van der Waals surface area contributed by atoms with Crippen molar-refractivity contribution in [2.75, 3.05) is 5.32 Å². The molecule has 0 bridgehead atoms. The number of amides is 2. The van der Waals surface area contributed by atoms with Gasteiger partial charge in [-0.3, -0.25) is 0 Å². The molecule has 5 nitrogen and oxygen atoms in total. The summed E-state index contributed by atoms with van der Waals surface area (Å²) in [4.78, 5) is 11.8. The van der Waals surface area contributed by atoms with Gasteiger partial charge in [0.1, 0.15) is 5.75 Å². The molecule has 2 aromatic rings. The second-order valence-electron chi connectivity index (χ2n) is 5.01. The number of carbonyl (C=O) groups is 1. The molecular weight excluding hydrogens is 300 g/mol. The number of nitrogens with one attached hydrogen (secondary N) is 2. The first-order chi connectivity index (χ1) is 10.4. The Labute approximate surface area is 132 Å². The Morgan fingerprint density at radius 2 is 1.64 bits per heavy atom. The Morgan fingerprint density at radius 1 is 1.00 bits per heavy atom. The monoisotopic (exact) mass is 318 g/mol. The number of rotatable bonds is 4. The van der Waals surface area contributed by atoms with Crippen molar-refractivity contribution < 1.29 is 13.2 Å². The SMILES string of the molecule is Cc1ccc(OS(=O)NC(=O)Nc2cc(C)ccc2C)cc1. The summed E-state index contributed by atoms with van der Waals surface area (Å²) in [6, 6.07) is 12.2. The number of aryl methyl sites for hydroxylation is 3. The smallest absolute Gasteiger partial charge is 0.333 e. The highest BCUT2D eigenvalue weighted by atomic mass is 32.2. The molecule has 0 spiro atoms. The maximum Gasteiger partial charge on any atom is 0.333 e. The highest BCUT2D eigenvalue weighted by Crippen LogP contribution is 2.16. The van der Waals surface area contributed by atoms with Crippen LogP contribution >= 0.6 is 0 Å². The van der Waals surface area contributed by atoms with Gasteiger partial charge in [-0.15, -0.1) is 0 Å². The molecule has 1 unspecified atom stereocenters. The summed E-state index contributed by atoms with van der Waals surface area (Å²) in [5.41, 5.74) is 3.69. The Hall–Kier alpha value is -2.34. The van der Waals surface area contributed by atoms with Crippen LogP contribution in [0.2, 0.25) is 0 Å². The summed E-state index contributed by atoms with van der Waals surface area (Å²) in [5, 5.41) is 2.65. The molecule has 0 saturated heterocycles. The zero-order valence-corrected chi connectivity index (χ0v) is 13.5. The Kier molecular flexibility index (Phi) is 5.16. The molecule has 0 saturated carbocycles. The molecule has 0 aliphatic heterocycles. The van der Waals surface area contributed by atoms with Crippen LogP contribution in [0.15, 0.2) is 42.5 Å². The van der Waals surface area contributed by atoms with Gasteiger partial charge in [0.25, 0.3) is 0 Å². The second-order valence-corrected chi connectivity index (χ2v) is 5.85. The fourth-order valence-corrected chi connectivity index (χ4v) is 2.33. The van der Waals surface area contributed by atoms with Crippen molar-refractivity contribution in [2.24, 2.45) is 0 Å². The summed E-state index contributed by atoms with van der Waals surface area (Å²) in [7, 11) is 0. The molecular formula is C16H18N2O3S. The average Bonchev–Trinajstić information content (AvgIpc) is 2.45. The molecule has 116 valence electrons. The molecule has 2 amide bonds. The van der Waals surface area contributed by atoms with Gasteiger partial charge in [0.15, 0.2) is 0 Å². The van der Waals surface area contributed by atoms with Crippen molar-refractivity contribution in [3.63, 3.8) is 0 Å². The molecule has 2 N–H and O–H groups in total. The predicted molar refractivity (Wildman–Crippen MR) is 88.0 cm³/mol. The predicted octanol–water partition coefficient (Wildman–Crippen LogP) is 3.39. The molecule has 0 radical (unpaired) electrons. The first-order valence-electron chi connectivity index (χ1n) is 6.76. The lowest BCUT2D eigenvalue weighted by Gasteiger charge is -2.10. The normalized spacial score (nSPS) is 11.6. The lowest BCUT2D eigenvalue weighted by molar-refractivity contribution is 0.256. The molecule has 0 aromatic heterocycles. The highest BCUT2D eigenvalue weighted by molar-refractivity contribution is 7.79. The molecule has 0 heterocycles. The maximum atomic E-state index is 11.8. The van der Waals surface area contributed by atoms with Crippen molar-refractivity contribution in [3.8, 4) is 5.75 Å². The van der Waals surface area contributed by atoms with Gasteiger partial charge in [0, 0.05) is 5.69 Å². The molecule has 0 aliphatic rings. The van der Waals surface area contributed by atoms with Gasteiger partial charge in [0.05, 0.1) is 0 Å². The lowest BCUT2D eigenvalue weighted by Crippen LogP contribution is -2.33. The van der Waals surface area contributed by atoms with E-state index < -0.39 is 17.3 Å². The second kappa shape index (κ2) is 7.09. The first kappa shape index (κ1) is 16.0. The number of hydrogen-bond donors (Lipinski definition) is 2. The Morgan fingerprint density at radius 3 is 2.32 bits per heavy atom. The quantitative estimate of drug-likeness (QED) is 0.908. The van der Waals surface area contributed by atoms with Crippen molar-refractivity contribution in [2.45, 2.75) is 20.8 Å². The van der Waals surface area contributed by atoms with E-state index >= 15 is 0 Å². The van der Waals surface area contributed by atoms with E-state index in [4.69, 9.17) is 4.18 Å². The van der Waals surface area contributed by atoms with E-state index in [2.05, 4.69) is 10.0 Å². The van der Waals surface area contributed by atoms with Crippen molar-refractivity contribution >= 4 is 23.0 Å². The van der Waals surface area contributed by atoms with Gasteiger partial charge in [-0.25, -0.2) is 9.52 Å². The van der Waals surface area contributed by atoms with Gasteiger partial charge < -0.3 is 9.50 Å². The van der Waals surface area contributed by atoms with Crippen LogP contribution in [-0.2, 0) is 11.3 Å². The van der Waals surface area contributed by atoms with Gasteiger partial charge in [-0.1, -0.05) is 29.8 Å². The van der Waals surface area contributed by atoms with E-state index in [-0.39, 0.29) is 0 Å². The summed E-state index contributed by atoms with van der Waals surface area (Å²) in [6.07, 6.45) is 0. The standard InChI is InChI=1S/C16H18N2O3S/c1-11-5-8-14(9-6-11)21-22(20)18-16(19)17-15-10-12(2)4-7-13(15)3/h4-10H,1-3H3,(H2,17,18,19). The number of hydrogen-bond acceptors (Lipinski definition) is 3. The Bertz CT molecular complexity index is 699. The fourth-order valence-electron chi connectivity index (χ4n) is 1.80. The lowest BCUT2D eigenvalue weighted by atomic mass is 10.1. The summed E-state index contributed by atoms with van der Waals surface area (Å²) >= 11 is -1.96. The minimum atomic E-state index is -1.96. The highest BCUT2D eigenvalue weighted by Gasteiger charge is 2.10. The van der Waals surface area contributed by atoms with Crippen LogP contribution < -0.4 is 14.2 Å². The zero-order chi connectivity index (χ0) is 16.1. The van der Waals surface area contributed by atoms with Crippen molar-refractivity contribution in [1.82, 2.24) is 4.72 Å². The molecule has 6 heteroatoms. The maximum absolute atomic E-state index is 11.8. The van der Waals surface area contributed by atoms with Crippen molar-refractivity contribution in [1.29, 1.82) is 0 Å². The van der Waals surface area contributed by atoms with Crippen LogP contribution in [0.4, 0.5) is 10.5 Å². The number of carbonyl (C=O) groups excluding carboxylic acids is 1. The zero-order valence-electron chi connectivity index (χ0n) is 12.7. The fraction of sp³-hybridized carbons (Fsp3) is 0.188. The number of benzene rings is 2. The van der Waals surface area contributed by atoms with E-state index in [1.54, 1.807) is 12.1 Å². The van der Waals surface area contributed by atoms with E-state index in [9.17, 15) is 9.00 Å². The summed E-state index contributed by atoms with van der Waals surface area (Å²) < 4.78 is 19.1. The summed E-state index contributed by atoms with van der Waals surface area (Å²) in [5.74, 6) is 0.427. The molecule has 1 atom stereocenters. The van der Waals surface area contributed by atoms with Crippen LogP contribution in [0.5, 0.6) is 5.75 Å². The molecule has 0 aliphatic carbocycles. The largest absolute Gasteiger partial charge is 0.385 e. The van der Waals surface area contributed by atoms with E-state index in [1.165, 1.54) is 0 Å². The Balaban J connectivity index is 1.92. The third-order valence-corrected chi connectivity index (χ3v) is 3.71.